The first-order valence-electron chi connectivity index (χ1n) is 16.5. The summed E-state index contributed by atoms with van der Waals surface area (Å²) in [4.78, 5) is 36.4. The second kappa shape index (κ2) is 17.8. The van der Waals surface area contributed by atoms with Crippen LogP contribution < -0.4 is 10.8 Å². The highest BCUT2D eigenvalue weighted by molar-refractivity contribution is 7.51. The van der Waals surface area contributed by atoms with Gasteiger partial charge in [0.2, 0.25) is 0 Å². The average molecular weight is 719 g/mol. The molecule has 1 aliphatic rings. The van der Waals surface area contributed by atoms with Crippen molar-refractivity contribution in [1.29, 1.82) is 0 Å². The van der Waals surface area contributed by atoms with Crippen LogP contribution in [0.4, 0.5) is 10.2 Å². The number of fused-ring (bicyclic) bond motifs is 1. The highest BCUT2D eigenvalue weighted by Crippen LogP contribution is 2.49. The van der Waals surface area contributed by atoms with Crippen LogP contribution in [0.3, 0.4) is 0 Å². The lowest BCUT2D eigenvalue weighted by atomic mass is 9.99. The number of hydrogen-bond donors (Lipinski definition) is 4. The number of imidazole rings is 1. The Kier molecular flexibility index (Phi) is 13.8. The summed E-state index contributed by atoms with van der Waals surface area (Å²) in [5.74, 6) is -0.0815. The first-order chi connectivity index (χ1) is 23.9. The van der Waals surface area contributed by atoms with Gasteiger partial charge in [-0.05, 0) is 25.3 Å². The molecule has 1 aromatic carbocycles. The number of nitrogens with one attached hydrogen (secondary N) is 1. The van der Waals surface area contributed by atoms with Crippen molar-refractivity contribution < 1.29 is 47.3 Å². The summed E-state index contributed by atoms with van der Waals surface area (Å²) in [6, 6.07) is 7.07. The molecule has 3 heterocycles. The zero-order valence-electron chi connectivity index (χ0n) is 28.1. The highest BCUT2D eigenvalue weighted by atomic mass is 31.2. The van der Waals surface area contributed by atoms with Crippen molar-refractivity contribution in [2.45, 2.75) is 102 Å². The van der Waals surface area contributed by atoms with E-state index in [0.717, 1.165) is 32.1 Å². The van der Waals surface area contributed by atoms with Crippen molar-refractivity contribution in [3.8, 4) is 12.3 Å². The van der Waals surface area contributed by atoms with Crippen LogP contribution in [0.15, 0.2) is 36.7 Å². The standard InChI is InChI=1S/C33H44FN6O9P/c1-4-6-7-8-9-10-14-17-46-31(44)22(3)49-50(45,39-24(30(42)43)18-23-15-12-11-13-16-23)47-20-33(5-2)25(41)19-26(48-33)40-21-36-27-28(35)37-32(34)38-29(27)40/h2,11-13,15-16,21-22,24-26,41H,4,6-10,14,17-20H2,1,3H3,(H,39,45)(H,42,43)(H2,35,37,38)/t22?,24?,25-,26+,33+,50+/m0/s1. The summed E-state index contributed by atoms with van der Waals surface area (Å²) >= 11 is 0. The fourth-order valence-corrected chi connectivity index (χ4v) is 7.10. The Hall–Kier alpha value is -3.97. The van der Waals surface area contributed by atoms with Gasteiger partial charge in [-0.25, -0.2) is 19.4 Å². The number of benzene rings is 1. The van der Waals surface area contributed by atoms with E-state index in [9.17, 15) is 28.8 Å². The summed E-state index contributed by atoms with van der Waals surface area (Å²) in [7, 11) is -4.73. The number of carbonyl (C=O) groups is 2. The summed E-state index contributed by atoms with van der Waals surface area (Å²) < 4.78 is 52.2. The number of halogens is 1. The van der Waals surface area contributed by atoms with E-state index in [1.807, 2.05) is 0 Å². The van der Waals surface area contributed by atoms with Crippen molar-refractivity contribution in [2.24, 2.45) is 0 Å². The monoisotopic (exact) mass is 718 g/mol. The topological polar surface area (TPSA) is 210 Å². The minimum Gasteiger partial charge on any atom is -0.480 e. The lowest BCUT2D eigenvalue weighted by Crippen LogP contribution is -2.44. The number of aromatic nitrogens is 4. The number of nitrogens with zero attached hydrogens (tertiary/aromatic N) is 4. The number of esters is 1. The van der Waals surface area contributed by atoms with Crippen molar-refractivity contribution >= 4 is 36.7 Å². The molecule has 17 heteroatoms. The Labute approximate surface area is 289 Å². The predicted molar refractivity (Wildman–Crippen MR) is 180 cm³/mol. The van der Waals surface area contributed by atoms with Crippen LogP contribution in [-0.2, 0) is 39.1 Å². The summed E-state index contributed by atoms with van der Waals surface area (Å²) in [5.41, 5.74) is 4.48. The van der Waals surface area contributed by atoms with Gasteiger partial charge in [0.05, 0.1) is 12.9 Å². The molecule has 272 valence electrons. The van der Waals surface area contributed by atoms with E-state index in [2.05, 4.69) is 32.9 Å². The Bertz CT molecular complexity index is 1690. The summed E-state index contributed by atoms with van der Waals surface area (Å²) in [6.45, 7) is 2.78. The molecular weight excluding hydrogens is 674 g/mol. The molecule has 2 unspecified atom stereocenters. The molecule has 15 nitrogen and oxygen atoms in total. The Balaban J connectivity index is 1.49. The Morgan fingerprint density at radius 3 is 2.60 bits per heavy atom. The molecule has 4 rings (SSSR count). The number of carboxylic acid groups (broad SMARTS) is 1. The van der Waals surface area contributed by atoms with Crippen LogP contribution in [0.25, 0.3) is 11.2 Å². The maximum absolute atomic E-state index is 14.3. The number of aliphatic hydroxyl groups is 1. The van der Waals surface area contributed by atoms with Crippen LogP contribution in [0.5, 0.6) is 0 Å². The molecular formula is C33H44FN6O9P. The van der Waals surface area contributed by atoms with Crippen molar-refractivity contribution in [3.63, 3.8) is 0 Å². The SMILES string of the molecule is C#C[C@]1(CO[P@](=O)(NC(Cc2ccccc2)C(=O)O)OC(C)C(=O)OCCCCCCCCC)O[C@@H](n2cnc3c(N)nc(F)nc32)C[C@@H]1O. The summed E-state index contributed by atoms with van der Waals surface area (Å²) in [5, 5.41) is 23.5. The van der Waals surface area contributed by atoms with Gasteiger partial charge < -0.3 is 25.4 Å². The van der Waals surface area contributed by atoms with Crippen LogP contribution in [0.1, 0.15) is 77.0 Å². The second-order valence-electron chi connectivity index (χ2n) is 12.1. The van der Waals surface area contributed by atoms with E-state index in [-0.39, 0.29) is 36.4 Å². The van der Waals surface area contributed by atoms with E-state index in [1.54, 1.807) is 30.3 Å². The first-order valence-corrected chi connectivity index (χ1v) is 18.1. The molecule has 6 atom stereocenters. The normalized spacial score (nSPS) is 21.3. The number of nitrogen functional groups attached to an aromatic ring is 1. The van der Waals surface area contributed by atoms with Crippen LogP contribution in [-0.4, -0.2) is 78.7 Å². The largest absolute Gasteiger partial charge is 0.480 e. The molecule has 0 bridgehead atoms. The number of terminal acetylenes is 1. The number of rotatable bonds is 20. The van der Waals surface area contributed by atoms with Gasteiger partial charge in [0.15, 0.2) is 28.7 Å². The Morgan fingerprint density at radius 2 is 1.92 bits per heavy atom. The van der Waals surface area contributed by atoms with Gasteiger partial charge in [-0.3, -0.25) is 18.4 Å². The number of ether oxygens (including phenoxy) is 2. The number of carbonyl (C=O) groups excluding carboxylic acids is 1. The number of hydrogen-bond acceptors (Lipinski definition) is 12. The fraction of sp³-hybridized carbons (Fsp3) is 0.545. The van der Waals surface area contributed by atoms with Gasteiger partial charge in [0, 0.05) is 6.42 Å². The van der Waals surface area contributed by atoms with Crippen LogP contribution >= 0.6 is 7.75 Å². The number of aliphatic hydroxyl groups excluding tert-OH is 1. The predicted octanol–water partition coefficient (Wildman–Crippen LogP) is 4.31. The van der Waals surface area contributed by atoms with Gasteiger partial charge in [0.25, 0.3) is 0 Å². The van der Waals surface area contributed by atoms with Crippen LogP contribution in [0.2, 0.25) is 0 Å². The lowest BCUT2D eigenvalue weighted by Gasteiger charge is -2.30. The molecule has 0 saturated carbocycles. The van der Waals surface area contributed by atoms with Gasteiger partial charge in [0.1, 0.15) is 25.0 Å². The molecule has 50 heavy (non-hydrogen) atoms. The number of aliphatic carboxylic acids is 1. The third kappa shape index (κ3) is 10.1. The maximum atomic E-state index is 14.3. The van der Waals surface area contributed by atoms with Crippen molar-refractivity contribution in [2.75, 3.05) is 18.9 Å². The zero-order chi connectivity index (χ0) is 36.3. The van der Waals surface area contributed by atoms with Crippen LogP contribution in [0, 0.1) is 18.4 Å². The van der Waals surface area contributed by atoms with E-state index < -0.39 is 62.4 Å². The lowest BCUT2D eigenvalue weighted by molar-refractivity contribution is -0.152. The molecule has 1 saturated heterocycles. The minimum atomic E-state index is -4.73. The molecule has 1 fully saturated rings. The maximum Gasteiger partial charge on any atom is 0.407 e. The number of carboxylic acids is 1. The van der Waals surface area contributed by atoms with Gasteiger partial charge in [-0.2, -0.15) is 14.4 Å². The molecule has 1 aliphatic heterocycles. The smallest absolute Gasteiger partial charge is 0.407 e. The highest BCUT2D eigenvalue weighted by Gasteiger charge is 2.50. The third-order valence-corrected chi connectivity index (χ3v) is 9.94. The van der Waals surface area contributed by atoms with Crippen molar-refractivity contribution in [1.82, 2.24) is 24.6 Å². The van der Waals surface area contributed by atoms with Gasteiger partial charge in [-0.15, -0.1) is 6.42 Å². The molecule has 0 aliphatic carbocycles. The van der Waals surface area contributed by atoms with Gasteiger partial charge >= 0.3 is 25.8 Å². The molecule has 0 amide bonds. The van der Waals surface area contributed by atoms with Gasteiger partial charge in [-0.1, -0.05) is 81.7 Å². The van der Waals surface area contributed by atoms with E-state index >= 15 is 0 Å². The van der Waals surface area contributed by atoms with E-state index in [1.165, 1.54) is 24.2 Å². The average Bonchev–Trinajstić information content (AvgIpc) is 3.66. The quantitative estimate of drug-likeness (QED) is 0.0422. The zero-order valence-corrected chi connectivity index (χ0v) is 29.0. The molecule has 3 aromatic rings. The molecule has 0 spiro atoms. The number of unbranched alkanes of at least 4 members (excludes halogenated alkanes) is 6. The molecule has 5 N–H and O–H groups in total. The Morgan fingerprint density at radius 1 is 1.22 bits per heavy atom. The number of anilines is 1. The minimum absolute atomic E-state index is 0.0225. The molecule has 0 radical (unpaired) electrons. The van der Waals surface area contributed by atoms with E-state index in [4.69, 9.17) is 30.7 Å². The van der Waals surface area contributed by atoms with E-state index in [0.29, 0.717) is 12.0 Å². The fourth-order valence-electron chi connectivity index (χ4n) is 5.45. The molecule has 2 aromatic heterocycles. The number of nitrogens with two attached hydrogens (primary N) is 1. The second-order valence-corrected chi connectivity index (χ2v) is 13.8. The third-order valence-electron chi connectivity index (χ3n) is 8.25. The summed E-state index contributed by atoms with van der Waals surface area (Å²) in [6.07, 6.45) is 8.83. The first kappa shape index (κ1) is 38.8. The van der Waals surface area contributed by atoms with Crippen molar-refractivity contribution in [3.05, 3.63) is 48.3 Å².